The largest absolute Gasteiger partial charge is 0.309 e. The van der Waals surface area contributed by atoms with Crippen molar-refractivity contribution in [3.05, 3.63) is 194 Å². The third kappa shape index (κ3) is 4.45. The number of benzene rings is 9. The predicted molar refractivity (Wildman–Crippen MR) is 241 cm³/mol. The van der Waals surface area contributed by atoms with Crippen LogP contribution in [0.2, 0.25) is 0 Å². The zero-order valence-corrected chi connectivity index (χ0v) is 31.3. The van der Waals surface area contributed by atoms with Crippen molar-refractivity contribution in [1.29, 1.82) is 0 Å². The minimum atomic E-state index is 0.736. The van der Waals surface area contributed by atoms with Gasteiger partial charge in [0.1, 0.15) is 0 Å². The fraction of sp³-hybridized carbons (Fsp3) is 0. The first-order valence-electron chi connectivity index (χ1n) is 19.8. The zero-order chi connectivity index (χ0) is 37.9. The minimum absolute atomic E-state index is 0.736. The molecule has 0 saturated heterocycles. The molecular formula is C54H32N4. The quantitative estimate of drug-likeness (QED) is 0.180. The lowest BCUT2D eigenvalue weighted by Crippen LogP contribution is -1.97. The maximum atomic E-state index is 5.23. The fourth-order valence-electron chi connectivity index (χ4n) is 9.62. The van der Waals surface area contributed by atoms with E-state index in [2.05, 4.69) is 203 Å². The van der Waals surface area contributed by atoms with Crippen molar-refractivity contribution in [3.63, 3.8) is 0 Å². The van der Waals surface area contributed by atoms with Gasteiger partial charge < -0.3 is 9.13 Å². The van der Waals surface area contributed by atoms with Crippen LogP contribution in [0.1, 0.15) is 0 Å². The Kier molecular flexibility index (Phi) is 6.41. The Morgan fingerprint density at radius 3 is 1.81 bits per heavy atom. The van der Waals surface area contributed by atoms with Gasteiger partial charge in [0.15, 0.2) is 5.82 Å². The number of nitrogens with zero attached hydrogens (tertiary/aromatic N) is 4. The molecule has 9 aromatic carbocycles. The normalized spacial score (nSPS) is 12.1. The number of hydrogen-bond donors (Lipinski definition) is 0. The molecule has 0 amide bonds. The molecule has 0 bridgehead atoms. The van der Waals surface area contributed by atoms with Crippen LogP contribution in [0.25, 0.3) is 122 Å². The summed E-state index contributed by atoms with van der Waals surface area (Å²) >= 11 is 0. The van der Waals surface area contributed by atoms with E-state index in [4.69, 9.17) is 9.97 Å². The lowest BCUT2D eigenvalue weighted by Gasteiger charge is -2.12. The van der Waals surface area contributed by atoms with E-state index in [1.165, 1.54) is 87.9 Å². The lowest BCUT2D eigenvalue weighted by atomic mass is 9.98. The van der Waals surface area contributed by atoms with Crippen LogP contribution in [0, 0.1) is 0 Å². The summed E-state index contributed by atoms with van der Waals surface area (Å²) in [6, 6.07) is 70.3. The van der Waals surface area contributed by atoms with Crippen molar-refractivity contribution in [2.45, 2.75) is 0 Å². The Morgan fingerprint density at radius 1 is 0.328 bits per heavy atom. The second kappa shape index (κ2) is 11.8. The minimum Gasteiger partial charge on any atom is -0.309 e. The summed E-state index contributed by atoms with van der Waals surface area (Å²) in [4.78, 5) is 10.4. The maximum absolute atomic E-state index is 5.23. The second-order valence-corrected chi connectivity index (χ2v) is 15.4. The first-order valence-corrected chi connectivity index (χ1v) is 19.8. The molecule has 0 saturated carbocycles. The lowest BCUT2D eigenvalue weighted by molar-refractivity contribution is 1.17. The van der Waals surface area contributed by atoms with Crippen LogP contribution in [-0.4, -0.2) is 19.1 Å². The van der Waals surface area contributed by atoms with Gasteiger partial charge in [-0.15, -0.1) is 0 Å². The van der Waals surface area contributed by atoms with Gasteiger partial charge in [0, 0.05) is 49.4 Å². The molecule has 0 fully saturated rings. The molecule has 58 heavy (non-hydrogen) atoms. The molecule has 13 rings (SSSR count). The first-order chi connectivity index (χ1) is 28.7. The van der Waals surface area contributed by atoms with Gasteiger partial charge in [-0.25, -0.2) is 9.97 Å². The molecule has 1 aliphatic carbocycles. The van der Waals surface area contributed by atoms with Crippen molar-refractivity contribution in [2.24, 2.45) is 0 Å². The molecular weight excluding hydrogens is 705 g/mol. The summed E-state index contributed by atoms with van der Waals surface area (Å²) in [5.74, 6) is 0.736. The highest BCUT2D eigenvalue weighted by Gasteiger charge is 2.24. The summed E-state index contributed by atoms with van der Waals surface area (Å²) in [6.45, 7) is 0. The van der Waals surface area contributed by atoms with E-state index in [-0.39, 0.29) is 0 Å². The van der Waals surface area contributed by atoms with E-state index >= 15 is 0 Å². The predicted octanol–water partition coefficient (Wildman–Crippen LogP) is 14.0. The van der Waals surface area contributed by atoms with Gasteiger partial charge in [0.25, 0.3) is 0 Å². The molecule has 0 radical (unpaired) electrons. The van der Waals surface area contributed by atoms with Crippen molar-refractivity contribution >= 4 is 65.3 Å². The van der Waals surface area contributed by atoms with Gasteiger partial charge in [-0.05, 0) is 106 Å². The summed E-state index contributed by atoms with van der Waals surface area (Å²) in [5.41, 5.74) is 16.0. The smallest absolute Gasteiger partial charge is 0.160 e. The van der Waals surface area contributed by atoms with Gasteiger partial charge >= 0.3 is 0 Å². The number of aromatic nitrogens is 4. The van der Waals surface area contributed by atoms with Crippen LogP contribution < -0.4 is 0 Å². The van der Waals surface area contributed by atoms with Crippen LogP contribution in [0.5, 0.6) is 0 Å². The summed E-state index contributed by atoms with van der Waals surface area (Å²) in [6.07, 6.45) is 0. The van der Waals surface area contributed by atoms with E-state index in [0.29, 0.717) is 0 Å². The maximum Gasteiger partial charge on any atom is 0.160 e. The Bertz CT molecular complexity index is 3680. The number of hydrogen-bond acceptors (Lipinski definition) is 2. The number of para-hydroxylation sites is 3. The van der Waals surface area contributed by atoms with E-state index in [1.807, 2.05) is 0 Å². The van der Waals surface area contributed by atoms with Crippen LogP contribution in [0.4, 0.5) is 0 Å². The van der Waals surface area contributed by atoms with Crippen molar-refractivity contribution < 1.29 is 0 Å². The molecule has 4 heteroatoms. The molecule has 0 spiro atoms. The molecule has 3 heterocycles. The van der Waals surface area contributed by atoms with E-state index in [1.54, 1.807) is 0 Å². The van der Waals surface area contributed by atoms with Crippen molar-refractivity contribution in [2.75, 3.05) is 0 Å². The van der Waals surface area contributed by atoms with Crippen molar-refractivity contribution in [3.8, 4) is 56.3 Å². The van der Waals surface area contributed by atoms with Crippen LogP contribution >= 0.6 is 0 Å². The van der Waals surface area contributed by atoms with Crippen molar-refractivity contribution in [1.82, 2.24) is 19.1 Å². The SMILES string of the molecule is c1ccc(-n2c3ccccc3c3cc(-c4ccc5cc6c(cc5c4)c4ccccc4n6-c4cccc(-c5nc6c7c(cccc7n5)-c5ccccc5-6)c4)ccc32)cc1. The average Bonchev–Trinajstić information content (AvgIpc) is 3.91. The monoisotopic (exact) mass is 736 g/mol. The number of rotatable bonds is 4. The molecule has 4 nitrogen and oxygen atoms in total. The number of fused-ring (bicyclic) bond motifs is 10. The highest BCUT2D eigenvalue weighted by Crippen LogP contribution is 2.46. The highest BCUT2D eigenvalue weighted by atomic mass is 15.0. The Morgan fingerprint density at radius 2 is 0.966 bits per heavy atom. The average molecular weight is 737 g/mol. The third-order valence-corrected chi connectivity index (χ3v) is 12.2. The molecule has 12 aromatic rings. The van der Waals surface area contributed by atoms with Crippen LogP contribution in [0.3, 0.4) is 0 Å². The van der Waals surface area contributed by atoms with Crippen LogP contribution in [-0.2, 0) is 0 Å². The Balaban J connectivity index is 0.947. The van der Waals surface area contributed by atoms with Gasteiger partial charge in [-0.1, -0.05) is 121 Å². The highest BCUT2D eigenvalue weighted by molar-refractivity contribution is 6.15. The molecule has 3 aromatic heterocycles. The van der Waals surface area contributed by atoms with Crippen LogP contribution in [0.15, 0.2) is 194 Å². The van der Waals surface area contributed by atoms with Gasteiger partial charge in [0.2, 0.25) is 0 Å². The molecule has 0 atom stereocenters. The second-order valence-electron chi connectivity index (χ2n) is 15.4. The Hall–Kier alpha value is -7.82. The fourth-order valence-corrected chi connectivity index (χ4v) is 9.62. The van der Waals surface area contributed by atoms with E-state index in [0.717, 1.165) is 33.7 Å². The third-order valence-electron chi connectivity index (χ3n) is 12.2. The molecule has 0 aliphatic heterocycles. The van der Waals surface area contributed by atoms with E-state index in [9.17, 15) is 0 Å². The molecule has 268 valence electrons. The molecule has 0 unspecified atom stereocenters. The molecule has 0 N–H and O–H groups in total. The summed E-state index contributed by atoms with van der Waals surface area (Å²) in [7, 11) is 0. The molecule has 1 aliphatic rings. The Labute approximate surface area is 333 Å². The summed E-state index contributed by atoms with van der Waals surface area (Å²) < 4.78 is 4.76. The summed E-state index contributed by atoms with van der Waals surface area (Å²) in [5, 5.41) is 8.52. The standard InChI is InChI=1S/C54H32N4/c1-2-13-38(14-3-1)57-48-22-8-6-17-41(48)45-30-34(26-27-50(45)57)33-24-25-35-32-51-46(31-37(35)28-33)42-18-7-9-23-49(42)58(51)39-15-10-12-36(29-39)54-55-47-21-11-20-43-40-16-4-5-19-44(40)53(56-54)52(43)47/h1-32H. The van der Waals surface area contributed by atoms with E-state index < -0.39 is 0 Å². The topological polar surface area (TPSA) is 35.6 Å². The van der Waals surface area contributed by atoms with Gasteiger partial charge in [-0.2, -0.15) is 0 Å². The van der Waals surface area contributed by atoms with Gasteiger partial charge in [-0.3, -0.25) is 0 Å². The van der Waals surface area contributed by atoms with Gasteiger partial charge in [0.05, 0.1) is 33.3 Å². The first kappa shape index (κ1) is 31.4. The zero-order valence-electron chi connectivity index (χ0n) is 31.3.